The monoisotopic (exact) mass is 188 g/mol. The molecule has 2 N–H and O–H groups in total. The van der Waals surface area contributed by atoms with Crippen LogP contribution in [0.4, 0.5) is 10.2 Å². The molecule has 0 aliphatic carbocycles. The van der Waals surface area contributed by atoms with Crippen molar-refractivity contribution in [3.8, 4) is 11.1 Å². The number of hydrogen-bond donors (Lipinski definition) is 1. The fraction of sp³-hybridized carbons (Fsp3) is 0. The number of anilines is 1. The predicted molar refractivity (Wildman–Crippen MR) is 54.0 cm³/mol. The average Bonchev–Trinajstić information content (AvgIpc) is 2.19. The number of nitrogens with zero attached hydrogens (tertiary/aromatic N) is 1. The Morgan fingerprint density at radius 3 is 2.57 bits per heavy atom. The summed E-state index contributed by atoms with van der Waals surface area (Å²) in [6.07, 6.45) is 1.63. The average molecular weight is 188 g/mol. The van der Waals surface area contributed by atoms with E-state index >= 15 is 0 Å². The summed E-state index contributed by atoms with van der Waals surface area (Å²) in [7, 11) is 0. The molecular formula is C11H9FN2. The summed E-state index contributed by atoms with van der Waals surface area (Å²) in [4.78, 5) is 3.94. The zero-order valence-corrected chi connectivity index (χ0v) is 7.44. The molecule has 0 bridgehead atoms. The van der Waals surface area contributed by atoms with Crippen LogP contribution in [0.15, 0.2) is 42.6 Å². The van der Waals surface area contributed by atoms with Crippen LogP contribution in [-0.2, 0) is 0 Å². The maximum absolute atomic E-state index is 12.9. The molecule has 0 aliphatic heterocycles. The van der Waals surface area contributed by atoms with Crippen LogP contribution in [-0.4, -0.2) is 4.98 Å². The summed E-state index contributed by atoms with van der Waals surface area (Å²) in [5.41, 5.74) is 7.11. The largest absolute Gasteiger partial charge is 0.384 e. The minimum absolute atomic E-state index is 0.251. The maximum atomic E-state index is 12.9. The van der Waals surface area contributed by atoms with Crippen LogP contribution in [0, 0.1) is 5.82 Å². The van der Waals surface area contributed by atoms with Gasteiger partial charge < -0.3 is 5.73 Å². The highest BCUT2D eigenvalue weighted by Crippen LogP contribution is 2.19. The Bertz CT molecular complexity index is 437. The van der Waals surface area contributed by atoms with Crippen LogP contribution in [0.5, 0.6) is 0 Å². The fourth-order valence-electron chi connectivity index (χ4n) is 1.24. The number of rotatable bonds is 1. The van der Waals surface area contributed by atoms with Crippen LogP contribution in [0.3, 0.4) is 0 Å². The van der Waals surface area contributed by atoms with Crippen molar-refractivity contribution in [1.82, 2.24) is 4.98 Å². The molecule has 70 valence electrons. The van der Waals surface area contributed by atoms with Gasteiger partial charge in [0, 0.05) is 11.8 Å². The van der Waals surface area contributed by atoms with E-state index in [-0.39, 0.29) is 5.82 Å². The first kappa shape index (κ1) is 8.69. The van der Waals surface area contributed by atoms with Gasteiger partial charge in [0.05, 0.1) is 0 Å². The van der Waals surface area contributed by atoms with E-state index < -0.39 is 0 Å². The lowest BCUT2D eigenvalue weighted by Gasteiger charge is -2.00. The van der Waals surface area contributed by atoms with Gasteiger partial charge in [-0.15, -0.1) is 0 Å². The molecule has 0 spiro atoms. The zero-order chi connectivity index (χ0) is 9.97. The topological polar surface area (TPSA) is 38.9 Å². The number of pyridine rings is 1. The van der Waals surface area contributed by atoms with Crippen molar-refractivity contribution in [3.05, 3.63) is 48.4 Å². The van der Waals surface area contributed by atoms with Gasteiger partial charge in [-0.05, 0) is 29.8 Å². The summed E-state index contributed by atoms with van der Waals surface area (Å²) in [5.74, 6) is 0.212. The van der Waals surface area contributed by atoms with Gasteiger partial charge in [-0.25, -0.2) is 9.37 Å². The molecule has 0 aliphatic rings. The van der Waals surface area contributed by atoms with Crippen molar-refractivity contribution in [2.24, 2.45) is 0 Å². The van der Waals surface area contributed by atoms with E-state index in [4.69, 9.17) is 5.73 Å². The van der Waals surface area contributed by atoms with Crippen LogP contribution >= 0.6 is 0 Å². The minimum atomic E-state index is -0.251. The first-order chi connectivity index (χ1) is 6.75. The van der Waals surface area contributed by atoms with Crippen LogP contribution in [0.25, 0.3) is 11.1 Å². The molecule has 0 atom stereocenters. The number of benzene rings is 1. The molecule has 0 saturated heterocycles. The Balaban J connectivity index is 2.44. The van der Waals surface area contributed by atoms with Gasteiger partial charge in [-0.1, -0.05) is 12.1 Å². The molecule has 1 heterocycles. The third kappa shape index (κ3) is 1.71. The van der Waals surface area contributed by atoms with Gasteiger partial charge in [0.1, 0.15) is 11.6 Å². The Labute approximate surface area is 81.2 Å². The highest BCUT2D eigenvalue weighted by molar-refractivity contribution is 5.63. The quantitative estimate of drug-likeness (QED) is 0.746. The molecule has 2 rings (SSSR count). The second-order valence-corrected chi connectivity index (χ2v) is 2.98. The molecule has 1 aromatic carbocycles. The Hall–Kier alpha value is -1.90. The van der Waals surface area contributed by atoms with Gasteiger partial charge in [-0.2, -0.15) is 0 Å². The lowest BCUT2D eigenvalue weighted by molar-refractivity contribution is 0.628. The summed E-state index contributed by atoms with van der Waals surface area (Å²) in [6, 6.07) is 9.89. The molecule has 2 nitrogen and oxygen atoms in total. The number of halogens is 1. The molecule has 0 saturated carbocycles. The summed E-state index contributed by atoms with van der Waals surface area (Å²) in [5, 5.41) is 0. The summed E-state index contributed by atoms with van der Waals surface area (Å²) < 4.78 is 12.9. The predicted octanol–water partition coefficient (Wildman–Crippen LogP) is 2.47. The van der Waals surface area contributed by atoms with E-state index in [9.17, 15) is 4.39 Å². The second-order valence-electron chi connectivity index (χ2n) is 2.98. The first-order valence-electron chi connectivity index (χ1n) is 4.23. The van der Waals surface area contributed by atoms with E-state index in [2.05, 4.69) is 4.98 Å². The first-order valence-corrected chi connectivity index (χ1v) is 4.23. The third-order valence-electron chi connectivity index (χ3n) is 1.94. The molecular weight excluding hydrogens is 179 g/mol. The SMILES string of the molecule is Nc1ccc(-c2cccc(F)c2)cn1. The smallest absolute Gasteiger partial charge is 0.123 e. The number of aromatic nitrogens is 1. The Kier molecular flexibility index (Phi) is 2.14. The minimum Gasteiger partial charge on any atom is -0.384 e. The molecule has 14 heavy (non-hydrogen) atoms. The highest BCUT2D eigenvalue weighted by atomic mass is 19.1. The number of nitrogens with two attached hydrogens (primary N) is 1. The van der Waals surface area contributed by atoms with E-state index in [1.54, 1.807) is 18.3 Å². The summed E-state index contributed by atoms with van der Waals surface area (Å²) >= 11 is 0. The summed E-state index contributed by atoms with van der Waals surface area (Å²) in [6.45, 7) is 0. The van der Waals surface area contributed by atoms with Crippen LogP contribution in [0.1, 0.15) is 0 Å². The second kappa shape index (κ2) is 3.46. The van der Waals surface area contributed by atoms with Crippen molar-refractivity contribution in [2.75, 3.05) is 5.73 Å². The zero-order valence-electron chi connectivity index (χ0n) is 7.44. The van der Waals surface area contributed by atoms with Gasteiger partial charge in [0.2, 0.25) is 0 Å². The van der Waals surface area contributed by atoms with Crippen molar-refractivity contribution >= 4 is 5.82 Å². The van der Waals surface area contributed by atoms with Crippen molar-refractivity contribution < 1.29 is 4.39 Å². The van der Waals surface area contributed by atoms with E-state index in [0.29, 0.717) is 5.82 Å². The van der Waals surface area contributed by atoms with Crippen LogP contribution < -0.4 is 5.73 Å². The van der Waals surface area contributed by atoms with Crippen molar-refractivity contribution in [3.63, 3.8) is 0 Å². The van der Waals surface area contributed by atoms with Gasteiger partial charge in [0.15, 0.2) is 0 Å². The number of nitrogen functional groups attached to an aromatic ring is 1. The maximum Gasteiger partial charge on any atom is 0.123 e. The molecule has 0 radical (unpaired) electrons. The highest BCUT2D eigenvalue weighted by Gasteiger charge is 1.98. The lowest BCUT2D eigenvalue weighted by Crippen LogP contribution is -1.89. The number of hydrogen-bond acceptors (Lipinski definition) is 2. The molecule has 0 amide bonds. The van der Waals surface area contributed by atoms with Crippen molar-refractivity contribution in [1.29, 1.82) is 0 Å². The van der Waals surface area contributed by atoms with Gasteiger partial charge >= 0.3 is 0 Å². The molecule has 2 aromatic rings. The Morgan fingerprint density at radius 2 is 1.93 bits per heavy atom. The molecule has 0 unspecified atom stereocenters. The fourth-order valence-corrected chi connectivity index (χ4v) is 1.24. The van der Waals surface area contributed by atoms with Gasteiger partial charge in [-0.3, -0.25) is 0 Å². The molecule has 1 aromatic heterocycles. The van der Waals surface area contributed by atoms with Gasteiger partial charge in [0.25, 0.3) is 0 Å². The molecule has 0 fully saturated rings. The van der Waals surface area contributed by atoms with E-state index in [0.717, 1.165) is 11.1 Å². The standard InChI is InChI=1S/C11H9FN2/c12-10-3-1-2-8(6-10)9-4-5-11(13)14-7-9/h1-7H,(H2,13,14). The normalized spacial score (nSPS) is 10.1. The van der Waals surface area contributed by atoms with E-state index in [1.165, 1.54) is 12.1 Å². The van der Waals surface area contributed by atoms with Crippen LogP contribution in [0.2, 0.25) is 0 Å². The molecule has 3 heteroatoms. The Morgan fingerprint density at radius 1 is 1.07 bits per heavy atom. The third-order valence-corrected chi connectivity index (χ3v) is 1.94. The lowest BCUT2D eigenvalue weighted by atomic mass is 10.1. The van der Waals surface area contributed by atoms with E-state index in [1.807, 2.05) is 12.1 Å². The van der Waals surface area contributed by atoms with Crippen molar-refractivity contribution in [2.45, 2.75) is 0 Å².